The standard InChI is InChI=1S/C16H12N2O2/c19-15-14-9-5-4-8-13(14)11-18(16(15)20)17-10-12-6-2-1-3-7-12/h1-10H,11H2/b17-10-. The lowest BCUT2D eigenvalue weighted by molar-refractivity contribution is -0.127. The van der Waals surface area contributed by atoms with Gasteiger partial charge in [0.2, 0.25) is 0 Å². The SMILES string of the molecule is O=C1C(=O)N(/N=C\c2ccccc2)Cc2ccccc21. The molecule has 4 heteroatoms. The summed E-state index contributed by atoms with van der Waals surface area (Å²) in [7, 11) is 0. The summed E-state index contributed by atoms with van der Waals surface area (Å²) in [6.45, 7) is 0.323. The van der Waals surface area contributed by atoms with Crippen LogP contribution in [0, 0.1) is 0 Å². The Hall–Kier alpha value is -2.75. The molecular formula is C16H12N2O2. The summed E-state index contributed by atoms with van der Waals surface area (Å²) in [5, 5.41) is 5.33. The maximum absolute atomic E-state index is 12.0. The molecule has 1 heterocycles. The summed E-state index contributed by atoms with van der Waals surface area (Å²) in [5.74, 6) is -1.09. The molecule has 20 heavy (non-hydrogen) atoms. The van der Waals surface area contributed by atoms with E-state index in [0.29, 0.717) is 12.1 Å². The van der Waals surface area contributed by atoms with Gasteiger partial charge in [-0.05, 0) is 11.1 Å². The highest BCUT2D eigenvalue weighted by Crippen LogP contribution is 2.19. The second kappa shape index (κ2) is 5.09. The third kappa shape index (κ3) is 2.23. The molecule has 0 bridgehead atoms. The molecule has 0 fully saturated rings. The molecular weight excluding hydrogens is 252 g/mol. The molecule has 0 N–H and O–H groups in total. The summed E-state index contributed by atoms with van der Waals surface area (Å²) < 4.78 is 0. The summed E-state index contributed by atoms with van der Waals surface area (Å²) in [5.41, 5.74) is 2.18. The lowest BCUT2D eigenvalue weighted by atomic mass is 9.99. The fraction of sp³-hybridized carbons (Fsp3) is 0.0625. The van der Waals surface area contributed by atoms with E-state index in [4.69, 9.17) is 0 Å². The Morgan fingerprint density at radius 3 is 2.45 bits per heavy atom. The van der Waals surface area contributed by atoms with Gasteiger partial charge >= 0.3 is 5.91 Å². The number of Topliss-reactive ketones (excluding diaryl/α,β-unsaturated/α-hetero) is 1. The van der Waals surface area contributed by atoms with Gasteiger partial charge in [-0.3, -0.25) is 9.59 Å². The molecule has 0 aromatic heterocycles. The number of hydrogen-bond donors (Lipinski definition) is 0. The molecule has 2 aromatic carbocycles. The lowest BCUT2D eigenvalue weighted by Crippen LogP contribution is -2.37. The van der Waals surface area contributed by atoms with Crippen LogP contribution in [-0.4, -0.2) is 22.9 Å². The number of rotatable bonds is 2. The van der Waals surface area contributed by atoms with Crippen molar-refractivity contribution in [1.82, 2.24) is 5.01 Å². The minimum atomic E-state index is -0.587. The van der Waals surface area contributed by atoms with Crippen LogP contribution in [0.25, 0.3) is 0 Å². The Morgan fingerprint density at radius 1 is 0.950 bits per heavy atom. The van der Waals surface area contributed by atoms with Crippen molar-refractivity contribution >= 4 is 17.9 Å². The van der Waals surface area contributed by atoms with Gasteiger partial charge in [-0.1, -0.05) is 54.6 Å². The highest BCUT2D eigenvalue weighted by Gasteiger charge is 2.30. The van der Waals surface area contributed by atoms with Crippen molar-refractivity contribution in [1.29, 1.82) is 0 Å². The van der Waals surface area contributed by atoms with Crippen molar-refractivity contribution in [3.63, 3.8) is 0 Å². The number of nitrogens with zero attached hydrogens (tertiary/aromatic N) is 2. The molecule has 0 radical (unpaired) electrons. The van der Waals surface area contributed by atoms with Gasteiger partial charge in [0.1, 0.15) is 0 Å². The maximum Gasteiger partial charge on any atom is 0.315 e. The van der Waals surface area contributed by atoms with Crippen LogP contribution in [0.2, 0.25) is 0 Å². The number of carbonyl (C=O) groups excluding carboxylic acids is 2. The Balaban J connectivity index is 1.88. The van der Waals surface area contributed by atoms with Crippen LogP contribution >= 0.6 is 0 Å². The monoisotopic (exact) mass is 264 g/mol. The molecule has 0 unspecified atom stereocenters. The molecule has 3 rings (SSSR count). The van der Waals surface area contributed by atoms with Crippen molar-refractivity contribution in [2.75, 3.05) is 0 Å². The number of amides is 1. The van der Waals surface area contributed by atoms with E-state index in [1.54, 1.807) is 18.3 Å². The number of benzene rings is 2. The number of carbonyl (C=O) groups is 2. The number of ketones is 1. The van der Waals surface area contributed by atoms with Crippen LogP contribution in [0.15, 0.2) is 59.7 Å². The average Bonchev–Trinajstić information content (AvgIpc) is 2.50. The molecule has 0 saturated carbocycles. The van der Waals surface area contributed by atoms with Crippen LogP contribution in [0.5, 0.6) is 0 Å². The molecule has 1 aliphatic heterocycles. The number of hydrogen-bond acceptors (Lipinski definition) is 3. The van der Waals surface area contributed by atoms with E-state index in [0.717, 1.165) is 11.1 Å². The van der Waals surface area contributed by atoms with Gasteiger partial charge in [-0.15, -0.1) is 0 Å². The quantitative estimate of drug-likeness (QED) is 0.617. The van der Waals surface area contributed by atoms with E-state index in [1.165, 1.54) is 5.01 Å². The van der Waals surface area contributed by atoms with Gasteiger partial charge in [0.25, 0.3) is 5.78 Å². The molecule has 0 spiro atoms. The zero-order valence-electron chi connectivity index (χ0n) is 10.7. The normalized spacial score (nSPS) is 14.7. The number of hydrazone groups is 1. The highest BCUT2D eigenvalue weighted by molar-refractivity contribution is 6.43. The van der Waals surface area contributed by atoms with Crippen molar-refractivity contribution in [3.8, 4) is 0 Å². The first kappa shape index (κ1) is 12.3. The van der Waals surface area contributed by atoms with Crippen LogP contribution in [0.1, 0.15) is 21.5 Å². The van der Waals surface area contributed by atoms with Crippen LogP contribution in [0.3, 0.4) is 0 Å². The van der Waals surface area contributed by atoms with Crippen molar-refractivity contribution in [3.05, 3.63) is 71.3 Å². The lowest BCUT2D eigenvalue weighted by Gasteiger charge is -2.22. The van der Waals surface area contributed by atoms with E-state index >= 15 is 0 Å². The summed E-state index contributed by atoms with van der Waals surface area (Å²) in [4.78, 5) is 23.9. The van der Waals surface area contributed by atoms with E-state index in [2.05, 4.69) is 5.10 Å². The predicted octanol–water partition coefficient (Wildman–Crippen LogP) is 2.25. The van der Waals surface area contributed by atoms with Crippen LogP contribution < -0.4 is 0 Å². The molecule has 0 saturated heterocycles. The Kier molecular flexibility index (Phi) is 3.13. The van der Waals surface area contributed by atoms with E-state index in [9.17, 15) is 9.59 Å². The topological polar surface area (TPSA) is 49.7 Å². The molecule has 1 amide bonds. The number of fused-ring (bicyclic) bond motifs is 1. The first-order valence-corrected chi connectivity index (χ1v) is 6.29. The first-order chi connectivity index (χ1) is 9.75. The average molecular weight is 264 g/mol. The van der Waals surface area contributed by atoms with Gasteiger partial charge in [0.15, 0.2) is 0 Å². The minimum absolute atomic E-state index is 0.323. The van der Waals surface area contributed by atoms with Gasteiger partial charge < -0.3 is 0 Å². The smallest absolute Gasteiger partial charge is 0.283 e. The van der Waals surface area contributed by atoms with E-state index in [-0.39, 0.29) is 0 Å². The largest absolute Gasteiger partial charge is 0.315 e. The summed E-state index contributed by atoms with van der Waals surface area (Å²) >= 11 is 0. The van der Waals surface area contributed by atoms with Gasteiger partial charge in [0, 0.05) is 5.56 Å². The van der Waals surface area contributed by atoms with Gasteiger partial charge in [-0.2, -0.15) is 5.10 Å². The second-order valence-corrected chi connectivity index (χ2v) is 4.50. The van der Waals surface area contributed by atoms with Gasteiger partial charge in [-0.25, -0.2) is 5.01 Å². The minimum Gasteiger partial charge on any atom is -0.283 e. The molecule has 1 aliphatic rings. The third-order valence-corrected chi connectivity index (χ3v) is 3.16. The molecule has 98 valence electrons. The van der Waals surface area contributed by atoms with Crippen LogP contribution in [-0.2, 0) is 11.3 Å². The molecule has 0 aliphatic carbocycles. The second-order valence-electron chi connectivity index (χ2n) is 4.50. The third-order valence-electron chi connectivity index (χ3n) is 3.16. The Bertz CT molecular complexity index is 693. The highest BCUT2D eigenvalue weighted by atomic mass is 16.2. The zero-order valence-corrected chi connectivity index (χ0v) is 10.7. The Labute approximate surface area is 116 Å². The van der Waals surface area contributed by atoms with Crippen molar-refractivity contribution < 1.29 is 9.59 Å². The zero-order chi connectivity index (χ0) is 13.9. The molecule has 0 atom stereocenters. The van der Waals surface area contributed by atoms with Crippen LogP contribution in [0.4, 0.5) is 0 Å². The fourth-order valence-electron chi connectivity index (χ4n) is 2.11. The first-order valence-electron chi connectivity index (χ1n) is 6.29. The molecule has 2 aromatic rings. The molecule has 4 nitrogen and oxygen atoms in total. The summed E-state index contributed by atoms with van der Waals surface area (Å²) in [6, 6.07) is 16.6. The fourth-order valence-corrected chi connectivity index (χ4v) is 2.11. The predicted molar refractivity (Wildman–Crippen MR) is 75.4 cm³/mol. The summed E-state index contributed by atoms with van der Waals surface area (Å²) in [6.07, 6.45) is 1.58. The Morgan fingerprint density at radius 2 is 1.65 bits per heavy atom. The maximum atomic E-state index is 12.0. The van der Waals surface area contributed by atoms with Crippen molar-refractivity contribution in [2.45, 2.75) is 6.54 Å². The van der Waals surface area contributed by atoms with E-state index in [1.807, 2.05) is 42.5 Å². The van der Waals surface area contributed by atoms with Gasteiger partial charge in [0.05, 0.1) is 12.8 Å². The van der Waals surface area contributed by atoms with E-state index < -0.39 is 11.7 Å². The van der Waals surface area contributed by atoms with Crippen molar-refractivity contribution in [2.24, 2.45) is 5.10 Å².